The first-order valence-electron chi connectivity index (χ1n) is 7.74. The number of hydrogen-bond donors (Lipinski definition) is 1. The molecule has 1 aromatic heterocycles. The molecule has 0 radical (unpaired) electrons. The average molecular weight is 433 g/mol. The normalized spacial score (nSPS) is 22.5. The minimum Gasteiger partial charge on any atom is -0.438 e. The van der Waals surface area contributed by atoms with Crippen LogP contribution in [0.15, 0.2) is 17.0 Å². The summed E-state index contributed by atoms with van der Waals surface area (Å²) >= 11 is 0. The highest BCUT2D eigenvalue weighted by molar-refractivity contribution is 7.89. The lowest BCUT2D eigenvalue weighted by molar-refractivity contribution is -0.243. The van der Waals surface area contributed by atoms with Gasteiger partial charge in [-0.05, 0) is 19.1 Å². The Labute approximate surface area is 154 Å². The fraction of sp³-hybridized carbons (Fsp3) is 0.571. The van der Waals surface area contributed by atoms with Gasteiger partial charge in [0, 0.05) is 19.6 Å². The van der Waals surface area contributed by atoms with Gasteiger partial charge in [0.05, 0.1) is 11.1 Å². The molecule has 2 aliphatic heterocycles. The number of aryl methyl sites for hydroxylation is 1. The number of ether oxygens (including phenoxy) is 1. The minimum atomic E-state index is -5.32. The Hall–Kier alpha value is -1.93. The topological polar surface area (TPSA) is 88.6 Å². The zero-order chi connectivity index (χ0) is 21.1. The molecule has 3 rings (SSSR count). The van der Waals surface area contributed by atoms with Crippen molar-refractivity contribution in [3.8, 4) is 0 Å². The van der Waals surface area contributed by atoms with Crippen LogP contribution in [0.3, 0.4) is 0 Å². The molecular formula is C14H13F6N3O4S. The molecule has 28 heavy (non-hydrogen) atoms. The van der Waals surface area contributed by atoms with E-state index >= 15 is 0 Å². The summed E-state index contributed by atoms with van der Waals surface area (Å²) in [5.41, 5.74) is -2.81. The van der Waals surface area contributed by atoms with E-state index < -0.39 is 56.3 Å². The number of rotatable bonds is 3. The molecule has 0 aromatic carbocycles. The van der Waals surface area contributed by atoms with Gasteiger partial charge in [0.2, 0.25) is 10.0 Å². The van der Waals surface area contributed by atoms with Crippen molar-refractivity contribution in [1.82, 2.24) is 14.6 Å². The first-order valence-corrected chi connectivity index (χ1v) is 9.18. The van der Waals surface area contributed by atoms with Crippen molar-refractivity contribution in [2.45, 2.75) is 30.4 Å². The molecule has 0 saturated carbocycles. The van der Waals surface area contributed by atoms with E-state index in [2.05, 4.69) is 15.0 Å². The monoisotopic (exact) mass is 433 g/mol. The summed E-state index contributed by atoms with van der Waals surface area (Å²) in [6, 6.07) is 1.13. The molecular weight excluding hydrogens is 420 g/mol. The van der Waals surface area contributed by atoms with Crippen molar-refractivity contribution in [2.24, 2.45) is 5.41 Å². The number of pyridine rings is 1. The quantitative estimate of drug-likeness (QED) is 0.573. The fourth-order valence-corrected chi connectivity index (χ4v) is 4.92. The Kier molecular flexibility index (Phi) is 4.67. The maximum absolute atomic E-state index is 12.8. The van der Waals surface area contributed by atoms with Gasteiger partial charge < -0.3 is 10.1 Å². The van der Waals surface area contributed by atoms with Crippen molar-refractivity contribution < 1.29 is 44.3 Å². The number of carbonyl (C=O) groups excluding carboxylic acids is 1. The van der Waals surface area contributed by atoms with E-state index in [4.69, 9.17) is 0 Å². The molecule has 1 spiro atoms. The Morgan fingerprint density at radius 1 is 1.25 bits per heavy atom. The standard InChI is InChI=1S/C14H13F6N3O4S/c1-7-8(2-3-9(22-7)13(15,16)17)28(25,26)23-6-12(4-21-5-12)10(23)27-11(24)14(18,19)20/h2-3,10,21H,4-6H2,1H3. The Morgan fingerprint density at radius 2 is 1.86 bits per heavy atom. The summed E-state index contributed by atoms with van der Waals surface area (Å²) < 4.78 is 106. The average Bonchev–Trinajstić information content (AvgIpc) is 2.47. The predicted octanol–water partition coefficient (Wildman–Crippen LogP) is 1.43. The van der Waals surface area contributed by atoms with Crippen LogP contribution < -0.4 is 5.32 Å². The molecule has 14 heteroatoms. The van der Waals surface area contributed by atoms with Crippen LogP contribution in [0.4, 0.5) is 26.3 Å². The maximum Gasteiger partial charge on any atom is 0.490 e. The number of halogens is 6. The van der Waals surface area contributed by atoms with Gasteiger partial charge in [-0.3, -0.25) is 0 Å². The van der Waals surface area contributed by atoms with Gasteiger partial charge in [-0.1, -0.05) is 0 Å². The second-order valence-corrected chi connectivity index (χ2v) is 8.41. The number of carbonyl (C=O) groups is 1. The highest BCUT2D eigenvalue weighted by Crippen LogP contribution is 2.46. The highest BCUT2D eigenvalue weighted by atomic mass is 32.2. The SMILES string of the molecule is Cc1nc(C(F)(F)F)ccc1S(=O)(=O)N1CC2(CNC2)C1OC(=O)C(F)(F)F. The summed E-state index contributed by atoms with van der Waals surface area (Å²) in [6.45, 7) is 1.02. The molecule has 2 saturated heterocycles. The number of hydrogen-bond acceptors (Lipinski definition) is 6. The number of nitrogens with zero attached hydrogens (tertiary/aromatic N) is 2. The largest absolute Gasteiger partial charge is 0.490 e. The van der Waals surface area contributed by atoms with Crippen molar-refractivity contribution in [3.05, 3.63) is 23.5 Å². The van der Waals surface area contributed by atoms with Crippen LogP contribution in [0, 0.1) is 12.3 Å². The third-order valence-corrected chi connectivity index (χ3v) is 6.50. The molecule has 3 heterocycles. The Bertz CT molecular complexity index is 911. The molecule has 1 N–H and O–H groups in total. The number of esters is 1. The zero-order valence-corrected chi connectivity index (χ0v) is 14.9. The van der Waals surface area contributed by atoms with Crippen molar-refractivity contribution in [1.29, 1.82) is 0 Å². The zero-order valence-electron chi connectivity index (χ0n) is 14.1. The molecule has 0 bridgehead atoms. The van der Waals surface area contributed by atoms with E-state index in [1.54, 1.807) is 0 Å². The van der Waals surface area contributed by atoms with Gasteiger partial charge in [-0.15, -0.1) is 0 Å². The summed E-state index contributed by atoms with van der Waals surface area (Å²) in [5, 5.41) is 2.76. The Balaban J connectivity index is 1.92. The maximum atomic E-state index is 12.8. The fourth-order valence-electron chi connectivity index (χ4n) is 3.07. The lowest BCUT2D eigenvalue weighted by Crippen LogP contribution is -2.78. The van der Waals surface area contributed by atoms with E-state index in [0.29, 0.717) is 16.4 Å². The van der Waals surface area contributed by atoms with Gasteiger partial charge in [0.1, 0.15) is 10.6 Å². The number of alkyl halides is 6. The third-order valence-electron chi connectivity index (χ3n) is 4.57. The van der Waals surface area contributed by atoms with Crippen molar-refractivity contribution in [3.63, 3.8) is 0 Å². The van der Waals surface area contributed by atoms with E-state index in [-0.39, 0.29) is 19.6 Å². The van der Waals surface area contributed by atoms with Crippen LogP contribution >= 0.6 is 0 Å². The van der Waals surface area contributed by atoms with Crippen LogP contribution in [-0.2, 0) is 25.7 Å². The summed E-state index contributed by atoms with van der Waals surface area (Å²) in [5.74, 6) is -2.55. The molecule has 7 nitrogen and oxygen atoms in total. The van der Waals surface area contributed by atoms with E-state index in [9.17, 15) is 39.6 Å². The third kappa shape index (κ3) is 3.33. The van der Waals surface area contributed by atoms with Gasteiger partial charge in [-0.2, -0.15) is 30.6 Å². The summed E-state index contributed by atoms with van der Waals surface area (Å²) in [7, 11) is -4.55. The van der Waals surface area contributed by atoms with Crippen molar-refractivity contribution >= 4 is 16.0 Å². The number of aromatic nitrogens is 1. The number of sulfonamides is 1. The molecule has 2 aliphatic rings. The second kappa shape index (κ2) is 6.29. The van der Waals surface area contributed by atoms with Gasteiger partial charge in [-0.25, -0.2) is 18.2 Å². The van der Waals surface area contributed by atoms with Crippen LogP contribution in [0.2, 0.25) is 0 Å². The smallest absolute Gasteiger partial charge is 0.438 e. The molecule has 1 unspecified atom stereocenters. The minimum absolute atomic E-state index is 0.124. The number of nitrogens with one attached hydrogen (secondary N) is 1. The van der Waals surface area contributed by atoms with Crippen LogP contribution in [0.1, 0.15) is 11.4 Å². The van der Waals surface area contributed by atoms with Gasteiger partial charge >= 0.3 is 18.3 Å². The molecule has 1 atom stereocenters. The summed E-state index contributed by atoms with van der Waals surface area (Å²) in [6.07, 6.45) is -11.8. The van der Waals surface area contributed by atoms with E-state index in [1.165, 1.54) is 0 Å². The second-order valence-electron chi connectivity index (χ2n) is 6.55. The first-order chi connectivity index (χ1) is 12.7. The van der Waals surface area contributed by atoms with E-state index in [1.807, 2.05) is 0 Å². The van der Waals surface area contributed by atoms with Crippen molar-refractivity contribution in [2.75, 3.05) is 19.6 Å². The predicted molar refractivity (Wildman–Crippen MR) is 79.1 cm³/mol. The lowest BCUT2D eigenvalue weighted by atomic mass is 9.74. The molecule has 0 aliphatic carbocycles. The molecule has 2 fully saturated rings. The van der Waals surface area contributed by atoms with Gasteiger partial charge in [0.15, 0.2) is 6.23 Å². The first kappa shape index (κ1) is 20.8. The van der Waals surface area contributed by atoms with Crippen LogP contribution in [-0.4, -0.2) is 55.7 Å². The molecule has 0 amide bonds. The van der Waals surface area contributed by atoms with E-state index in [0.717, 1.165) is 6.92 Å². The van der Waals surface area contributed by atoms with Crippen LogP contribution in [0.25, 0.3) is 0 Å². The van der Waals surface area contributed by atoms with Crippen LogP contribution in [0.5, 0.6) is 0 Å². The lowest BCUT2D eigenvalue weighted by Gasteiger charge is -2.59. The Morgan fingerprint density at radius 3 is 2.29 bits per heavy atom. The van der Waals surface area contributed by atoms with Gasteiger partial charge in [0.25, 0.3) is 0 Å². The summed E-state index contributed by atoms with van der Waals surface area (Å²) in [4.78, 5) is 13.8. The molecule has 1 aromatic rings. The highest BCUT2D eigenvalue weighted by Gasteiger charge is 2.64. The molecule has 156 valence electrons.